The topological polar surface area (TPSA) is 74.8 Å². The molecular weight excluding hydrogens is 450 g/mol. The van der Waals surface area contributed by atoms with Crippen LogP contribution in [0.1, 0.15) is 16.7 Å². The van der Waals surface area contributed by atoms with Gasteiger partial charge in [-0.25, -0.2) is 5.43 Å². The van der Waals surface area contributed by atoms with Crippen LogP contribution in [0.4, 0.5) is 43.9 Å². The molecule has 0 aliphatic rings. The van der Waals surface area contributed by atoms with Crippen molar-refractivity contribution in [1.29, 1.82) is 0 Å². The molecule has 3 aromatic rings. The minimum atomic E-state index is -4.52. The highest BCUT2D eigenvalue weighted by Gasteiger charge is 2.31. The Balaban J connectivity index is 1.67. The van der Waals surface area contributed by atoms with Gasteiger partial charge in [0.1, 0.15) is 0 Å². The number of rotatable bonds is 6. The van der Waals surface area contributed by atoms with Crippen molar-refractivity contribution >= 4 is 29.2 Å². The van der Waals surface area contributed by atoms with Crippen molar-refractivity contribution in [2.24, 2.45) is 0 Å². The smallest absolute Gasteiger partial charge is 0.324 e. The van der Waals surface area contributed by atoms with Crippen molar-refractivity contribution in [2.45, 2.75) is 18.9 Å². The van der Waals surface area contributed by atoms with Crippen molar-refractivity contribution in [1.82, 2.24) is 20.4 Å². The molecule has 0 saturated carbocycles. The van der Waals surface area contributed by atoms with Crippen LogP contribution >= 0.6 is 11.6 Å². The molecule has 3 rings (SSSR count). The molecule has 2 aromatic carbocycles. The van der Waals surface area contributed by atoms with Gasteiger partial charge in [-0.2, -0.15) is 41.3 Å². The second-order valence-electron chi connectivity index (χ2n) is 6.13. The fourth-order valence-electron chi connectivity index (χ4n) is 2.45. The van der Waals surface area contributed by atoms with Gasteiger partial charge in [0.2, 0.25) is 17.2 Å². The Morgan fingerprint density at radius 2 is 1.39 bits per heavy atom. The Kier molecular flexibility index (Phi) is 6.51. The van der Waals surface area contributed by atoms with E-state index >= 15 is 0 Å². The zero-order valence-electron chi connectivity index (χ0n) is 15.3. The highest BCUT2D eigenvalue weighted by Crippen LogP contribution is 2.31. The maximum atomic E-state index is 12.8. The SMILES string of the molecule is FC(F)(F)c1cccc(CNNc2nc(Cl)nc(Nc3cccc(C(F)(F)F)c3)n2)c1. The van der Waals surface area contributed by atoms with E-state index in [0.29, 0.717) is 5.56 Å². The molecule has 0 radical (unpaired) electrons. The third kappa shape index (κ3) is 6.43. The lowest BCUT2D eigenvalue weighted by atomic mass is 10.1. The highest BCUT2D eigenvalue weighted by atomic mass is 35.5. The van der Waals surface area contributed by atoms with E-state index in [9.17, 15) is 26.3 Å². The lowest BCUT2D eigenvalue weighted by molar-refractivity contribution is -0.138. The number of hydrogen-bond acceptors (Lipinski definition) is 6. The Morgan fingerprint density at radius 1 is 0.774 bits per heavy atom. The average Bonchev–Trinajstić information content (AvgIpc) is 2.67. The standard InChI is InChI=1S/C18H13ClF6N6/c19-14-28-15(27-13-6-2-5-12(8-13)18(23,24)25)30-16(29-14)31-26-9-10-3-1-4-11(7-10)17(20,21)22/h1-8,26H,9H2,(H2,27,28,29,30,31). The Hall–Kier alpha value is -3.12. The molecule has 0 unspecified atom stereocenters. The summed E-state index contributed by atoms with van der Waals surface area (Å²) in [6, 6.07) is 9.08. The minimum Gasteiger partial charge on any atom is -0.324 e. The molecule has 0 saturated heterocycles. The van der Waals surface area contributed by atoms with Gasteiger partial charge in [-0.3, -0.25) is 5.43 Å². The first-order chi connectivity index (χ1) is 14.5. The summed E-state index contributed by atoms with van der Waals surface area (Å²) in [6.07, 6.45) is -8.98. The van der Waals surface area contributed by atoms with Gasteiger partial charge in [0.05, 0.1) is 11.1 Å². The maximum Gasteiger partial charge on any atom is 0.416 e. The summed E-state index contributed by atoms with van der Waals surface area (Å²) in [5.74, 6) is -0.232. The number of anilines is 3. The van der Waals surface area contributed by atoms with E-state index < -0.39 is 23.5 Å². The summed E-state index contributed by atoms with van der Waals surface area (Å²) in [4.78, 5) is 11.5. The molecule has 0 spiro atoms. The molecule has 0 atom stereocenters. The molecule has 0 fully saturated rings. The zero-order valence-corrected chi connectivity index (χ0v) is 16.1. The van der Waals surface area contributed by atoms with Crippen LogP contribution < -0.4 is 16.2 Å². The molecular formula is C18H13ClF6N6. The number of alkyl halides is 6. The number of nitrogens with one attached hydrogen (secondary N) is 3. The van der Waals surface area contributed by atoms with Crippen molar-refractivity contribution in [2.75, 3.05) is 10.7 Å². The van der Waals surface area contributed by atoms with Gasteiger partial charge in [0, 0.05) is 12.2 Å². The number of aromatic nitrogens is 3. The molecule has 13 heteroatoms. The van der Waals surface area contributed by atoms with Crippen molar-refractivity contribution in [3.8, 4) is 0 Å². The molecule has 0 aliphatic carbocycles. The van der Waals surface area contributed by atoms with Gasteiger partial charge < -0.3 is 5.32 Å². The van der Waals surface area contributed by atoms with Crippen molar-refractivity contribution in [3.63, 3.8) is 0 Å². The fourth-order valence-corrected chi connectivity index (χ4v) is 2.61. The van der Waals surface area contributed by atoms with Crippen LogP contribution in [0, 0.1) is 0 Å². The van der Waals surface area contributed by atoms with Crippen molar-refractivity contribution < 1.29 is 26.3 Å². The first-order valence-electron chi connectivity index (χ1n) is 8.51. The molecule has 3 N–H and O–H groups in total. The monoisotopic (exact) mass is 462 g/mol. The number of halogens is 7. The summed E-state index contributed by atoms with van der Waals surface area (Å²) in [5.41, 5.74) is 3.95. The lowest BCUT2D eigenvalue weighted by Gasteiger charge is -2.12. The normalized spacial score (nSPS) is 12.0. The van der Waals surface area contributed by atoms with Crippen molar-refractivity contribution in [3.05, 3.63) is 70.5 Å². The number of benzene rings is 2. The van der Waals surface area contributed by atoms with Gasteiger partial charge in [0.25, 0.3) is 0 Å². The largest absolute Gasteiger partial charge is 0.416 e. The minimum absolute atomic E-state index is 0.0103. The number of hydrogen-bond donors (Lipinski definition) is 3. The van der Waals surface area contributed by atoms with Gasteiger partial charge in [-0.15, -0.1) is 0 Å². The molecule has 1 aromatic heterocycles. The quantitative estimate of drug-likeness (QED) is 0.335. The van der Waals surface area contributed by atoms with E-state index in [0.717, 1.165) is 24.3 Å². The van der Waals surface area contributed by atoms with Crippen LogP contribution in [0.15, 0.2) is 48.5 Å². The van der Waals surface area contributed by atoms with E-state index in [-0.39, 0.29) is 29.4 Å². The van der Waals surface area contributed by atoms with E-state index in [1.54, 1.807) is 0 Å². The van der Waals surface area contributed by atoms with Crippen LogP contribution in [0.25, 0.3) is 0 Å². The number of nitrogens with zero attached hydrogens (tertiary/aromatic N) is 3. The van der Waals surface area contributed by atoms with E-state index in [1.165, 1.54) is 24.3 Å². The summed E-state index contributed by atoms with van der Waals surface area (Å²) < 4.78 is 76.8. The third-order valence-electron chi connectivity index (χ3n) is 3.80. The number of hydrazine groups is 1. The molecule has 31 heavy (non-hydrogen) atoms. The zero-order chi connectivity index (χ0) is 22.6. The van der Waals surface area contributed by atoms with E-state index in [1.807, 2.05) is 0 Å². The van der Waals surface area contributed by atoms with Gasteiger partial charge in [0.15, 0.2) is 0 Å². The second kappa shape index (κ2) is 8.94. The predicted molar refractivity (Wildman–Crippen MR) is 101 cm³/mol. The molecule has 0 bridgehead atoms. The van der Waals surface area contributed by atoms with Crippen LogP contribution in [0.2, 0.25) is 5.28 Å². The average molecular weight is 463 g/mol. The molecule has 1 heterocycles. The third-order valence-corrected chi connectivity index (χ3v) is 3.97. The first-order valence-corrected chi connectivity index (χ1v) is 8.89. The predicted octanol–water partition coefficient (Wildman–Crippen LogP) is 5.42. The van der Waals surface area contributed by atoms with Crippen LogP contribution in [0.3, 0.4) is 0 Å². The summed E-state index contributed by atoms with van der Waals surface area (Å²) >= 11 is 5.81. The Labute approximate surface area is 176 Å². The van der Waals surface area contributed by atoms with Gasteiger partial charge in [-0.1, -0.05) is 24.3 Å². The van der Waals surface area contributed by atoms with E-state index in [2.05, 4.69) is 31.1 Å². The Bertz CT molecular complexity index is 1060. The maximum absolute atomic E-state index is 12.8. The summed E-state index contributed by atoms with van der Waals surface area (Å²) in [7, 11) is 0. The highest BCUT2D eigenvalue weighted by molar-refractivity contribution is 6.28. The lowest BCUT2D eigenvalue weighted by Crippen LogP contribution is -2.23. The van der Waals surface area contributed by atoms with Gasteiger partial charge >= 0.3 is 12.4 Å². The molecule has 0 amide bonds. The molecule has 0 aliphatic heterocycles. The molecule has 6 nitrogen and oxygen atoms in total. The van der Waals surface area contributed by atoms with E-state index in [4.69, 9.17) is 11.6 Å². The second-order valence-corrected chi connectivity index (χ2v) is 6.47. The summed E-state index contributed by atoms with van der Waals surface area (Å²) in [6.45, 7) is -0.0103. The summed E-state index contributed by atoms with van der Waals surface area (Å²) in [5, 5.41) is 2.33. The first kappa shape index (κ1) is 22.6. The molecule has 164 valence electrons. The van der Waals surface area contributed by atoms with Crippen LogP contribution in [0.5, 0.6) is 0 Å². The van der Waals surface area contributed by atoms with Gasteiger partial charge in [-0.05, 0) is 41.4 Å². The Morgan fingerprint density at radius 3 is 2.06 bits per heavy atom. The van der Waals surface area contributed by atoms with Crippen LogP contribution in [-0.4, -0.2) is 15.0 Å². The van der Waals surface area contributed by atoms with Crippen LogP contribution in [-0.2, 0) is 18.9 Å². The fraction of sp³-hybridized carbons (Fsp3) is 0.167.